The molecule has 2 rings (SSSR count). The van der Waals surface area contributed by atoms with Crippen molar-refractivity contribution < 1.29 is 8.95 Å². The SMILES string of the molecule is CC1COc2ccccc2C1NCCCS(C)=O. The minimum atomic E-state index is -0.691. The zero-order valence-corrected chi connectivity index (χ0v) is 11.8. The molecule has 0 aliphatic carbocycles. The monoisotopic (exact) mass is 267 g/mol. The molecule has 3 nitrogen and oxygen atoms in total. The van der Waals surface area contributed by atoms with Crippen molar-refractivity contribution in [3.63, 3.8) is 0 Å². The Balaban J connectivity index is 1.96. The van der Waals surface area contributed by atoms with E-state index >= 15 is 0 Å². The average molecular weight is 267 g/mol. The average Bonchev–Trinajstić information content (AvgIpc) is 2.36. The molecular formula is C14H21NO2S. The first-order chi connectivity index (χ1) is 8.68. The van der Waals surface area contributed by atoms with Gasteiger partial charge in [0.15, 0.2) is 0 Å². The molecule has 100 valence electrons. The van der Waals surface area contributed by atoms with Crippen molar-refractivity contribution in [2.45, 2.75) is 19.4 Å². The Hall–Kier alpha value is -0.870. The van der Waals surface area contributed by atoms with E-state index in [2.05, 4.69) is 24.4 Å². The highest BCUT2D eigenvalue weighted by Crippen LogP contribution is 2.34. The van der Waals surface area contributed by atoms with E-state index in [-0.39, 0.29) is 0 Å². The van der Waals surface area contributed by atoms with Crippen LogP contribution < -0.4 is 10.1 Å². The van der Waals surface area contributed by atoms with Crippen LogP contribution in [0.1, 0.15) is 24.9 Å². The maximum Gasteiger partial charge on any atom is 0.124 e. The van der Waals surface area contributed by atoms with Crippen molar-refractivity contribution in [2.75, 3.05) is 25.2 Å². The van der Waals surface area contributed by atoms with Gasteiger partial charge in [-0.1, -0.05) is 25.1 Å². The summed E-state index contributed by atoms with van der Waals surface area (Å²) in [6, 6.07) is 8.56. The molecule has 0 spiro atoms. The van der Waals surface area contributed by atoms with E-state index in [0.29, 0.717) is 12.0 Å². The number of hydrogen-bond acceptors (Lipinski definition) is 3. The molecule has 1 aliphatic rings. The Morgan fingerprint density at radius 1 is 1.44 bits per heavy atom. The zero-order valence-electron chi connectivity index (χ0n) is 11.0. The van der Waals surface area contributed by atoms with Crippen LogP contribution in [0, 0.1) is 5.92 Å². The predicted octanol–water partition coefficient (Wildman–Crippen LogP) is 2.11. The second-order valence-corrected chi connectivity index (χ2v) is 6.44. The standard InChI is InChI=1S/C14H21NO2S/c1-11-10-17-13-7-4-3-6-12(13)14(11)15-8-5-9-18(2)16/h3-4,6-7,11,14-15H,5,8-10H2,1-2H3. The highest BCUT2D eigenvalue weighted by Gasteiger charge is 2.26. The molecule has 0 radical (unpaired) electrons. The second-order valence-electron chi connectivity index (χ2n) is 4.89. The molecule has 1 N–H and O–H groups in total. The minimum absolute atomic E-state index is 0.347. The smallest absolute Gasteiger partial charge is 0.124 e. The van der Waals surface area contributed by atoms with Crippen LogP contribution in [0.15, 0.2) is 24.3 Å². The third-order valence-electron chi connectivity index (χ3n) is 3.30. The molecule has 0 amide bonds. The molecule has 0 saturated heterocycles. The summed E-state index contributed by atoms with van der Waals surface area (Å²) in [5.41, 5.74) is 1.24. The lowest BCUT2D eigenvalue weighted by Gasteiger charge is -2.32. The normalized spacial score (nSPS) is 24.1. The van der Waals surface area contributed by atoms with Gasteiger partial charge in [-0.3, -0.25) is 4.21 Å². The molecule has 0 saturated carbocycles. The number of rotatable bonds is 5. The van der Waals surface area contributed by atoms with Gasteiger partial charge in [0, 0.05) is 40.3 Å². The summed E-state index contributed by atoms with van der Waals surface area (Å²) < 4.78 is 16.7. The van der Waals surface area contributed by atoms with Crippen molar-refractivity contribution in [1.29, 1.82) is 0 Å². The molecule has 1 heterocycles. The highest BCUT2D eigenvalue weighted by atomic mass is 32.2. The van der Waals surface area contributed by atoms with Gasteiger partial charge in [-0.2, -0.15) is 0 Å². The Kier molecular flexibility index (Phi) is 4.78. The fraction of sp³-hybridized carbons (Fsp3) is 0.571. The molecule has 0 bridgehead atoms. The highest BCUT2D eigenvalue weighted by molar-refractivity contribution is 7.84. The first kappa shape index (κ1) is 13.6. The summed E-state index contributed by atoms with van der Waals surface area (Å²) in [6.45, 7) is 3.86. The number of nitrogens with one attached hydrogen (secondary N) is 1. The summed E-state index contributed by atoms with van der Waals surface area (Å²) in [4.78, 5) is 0. The van der Waals surface area contributed by atoms with E-state index in [1.165, 1.54) is 5.56 Å². The van der Waals surface area contributed by atoms with Crippen LogP contribution in [0.3, 0.4) is 0 Å². The topological polar surface area (TPSA) is 38.3 Å². The van der Waals surface area contributed by atoms with E-state index in [9.17, 15) is 4.21 Å². The fourth-order valence-electron chi connectivity index (χ4n) is 2.34. The molecule has 18 heavy (non-hydrogen) atoms. The van der Waals surface area contributed by atoms with E-state index in [1.54, 1.807) is 6.26 Å². The number of ether oxygens (including phenoxy) is 1. The number of fused-ring (bicyclic) bond motifs is 1. The fourth-order valence-corrected chi connectivity index (χ4v) is 2.89. The number of hydrogen-bond donors (Lipinski definition) is 1. The maximum absolute atomic E-state index is 11.0. The molecular weight excluding hydrogens is 246 g/mol. The van der Waals surface area contributed by atoms with Gasteiger partial charge in [0.1, 0.15) is 5.75 Å². The van der Waals surface area contributed by atoms with E-state index in [0.717, 1.165) is 31.1 Å². The second kappa shape index (κ2) is 6.34. The van der Waals surface area contributed by atoms with Crippen molar-refractivity contribution in [3.05, 3.63) is 29.8 Å². The summed E-state index contributed by atoms with van der Waals surface area (Å²) in [6.07, 6.45) is 2.71. The van der Waals surface area contributed by atoms with Gasteiger partial charge in [-0.15, -0.1) is 0 Å². The van der Waals surface area contributed by atoms with Gasteiger partial charge < -0.3 is 10.1 Å². The largest absolute Gasteiger partial charge is 0.493 e. The lowest BCUT2D eigenvalue weighted by atomic mass is 9.92. The van der Waals surface area contributed by atoms with Crippen LogP contribution in [0.25, 0.3) is 0 Å². The lowest BCUT2D eigenvalue weighted by molar-refractivity contribution is 0.189. The van der Waals surface area contributed by atoms with Crippen LogP contribution in [0.2, 0.25) is 0 Å². The quantitative estimate of drug-likeness (QED) is 0.830. The van der Waals surface area contributed by atoms with Gasteiger partial charge in [-0.05, 0) is 19.0 Å². The summed E-state index contributed by atoms with van der Waals surface area (Å²) in [7, 11) is -0.691. The van der Waals surface area contributed by atoms with Crippen molar-refractivity contribution in [3.8, 4) is 5.75 Å². The number of para-hydroxylation sites is 1. The first-order valence-corrected chi connectivity index (χ1v) is 8.16. The summed E-state index contributed by atoms with van der Waals surface area (Å²) in [5, 5.41) is 3.57. The van der Waals surface area contributed by atoms with Crippen molar-refractivity contribution in [1.82, 2.24) is 5.32 Å². The molecule has 4 heteroatoms. The Morgan fingerprint density at radius 2 is 2.22 bits per heavy atom. The maximum atomic E-state index is 11.0. The lowest BCUT2D eigenvalue weighted by Crippen LogP contribution is -2.34. The molecule has 0 fully saturated rings. The summed E-state index contributed by atoms with van der Waals surface area (Å²) >= 11 is 0. The number of benzene rings is 1. The molecule has 1 aliphatic heterocycles. The summed E-state index contributed by atoms with van der Waals surface area (Å²) in [5.74, 6) is 2.23. The third-order valence-corrected chi connectivity index (χ3v) is 4.16. The minimum Gasteiger partial charge on any atom is -0.493 e. The van der Waals surface area contributed by atoms with Crippen LogP contribution in [-0.2, 0) is 10.8 Å². The van der Waals surface area contributed by atoms with Gasteiger partial charge >= 0.3 is 0 Å². The molecule has 1 aromatic rings. The Bertz CT molecular complexity index is 422. The Labute approximate surface area is 111 Å². The van der Waals surface area contributed by atoms with E-state index in [4.69, 9.17) is 4.74 Å². The van der Waals surface area contributed by atoms with Gasteiger partial charge in [0.2, 0.25) is 0 Å². The predicted molar refractivity (Wildman–Crippen MR) is 75.4 cm³/mol. The van der Waals surface area contributed by atoms with Crippen molar-refractivity contribution in [2.24, 2.45) is 5.92 Å². The van der Waals surface area contributed by atoms with Crippen LogP contribution in [0.5, 0.6) is 5.75 Å². The van der Waals surface area contributed by atoms with E-state index in [1.807, 2.05) is 12.1 Å². The molecule has 0 aromatic heterocycles. The zero-order chi connectivity index (χ0) is 13.0. The van der Waals surface area contributed by atoms with Crippen molar-refractivity contribution >= 4 is 10.8 Å². The van der Waals surface area contributed by atoms with Gasteiger partial charge in [-0.25, -0.2) is 0 Å². The molecule has 3 unspecified atom stereocenters. The molecule has 1 aromatic carbocycles. The van der Waals surface area contributed by atoms with Crippen LogP contribution in [-0.4, -0.2) is 29.4 Å². The Morgan fingerprint density at radius 3 is 3.00 bits per heavy atom. The first-order valence-electron chi connectivity index (χ1n) is 6.43. The van der Waals surface area contributed by atoms with Gasteiger partial charge in [0.05, 0.1) is 6.61 Å². The van der Waals surface area contributed by atoms with E-state index < -0.39 is 10.8 Å². The third kappa shape index (κ3) is 3.33. The molecule has 3 atom stereocenters. The van der Waals surface area contributed by atoms with Gasteiger partial charge in [0.25, 0.3) is 0 Å². The van der Waals surface area contributed by atoms with Crippen LogP contribution in [0.4, 0.5) is 0 Å². The van der Waals surface area contributed by atoms with Crippen LogP contribution >= 0.6 is 0 Å².